The van der Waals surface area contributed by atoms with E-state index in [-0.39, 0.29) is 12.4 Å². The SMILES string of the molecule is Cl.NC1CCC[C@@H]2C[C@H]12. The predicted octanol–water partition coefficient (Wildman–Crippen LogP) is 1.56. The van der Waals surface area contributed by atoms with E-state index in [1.807, 2.05) is 0 Å². The Morgan fingerprint density at radius 3 is 2.56 bits per heavy atom. The maximum Gasteiger partial charge on any atom is 0.00699 e. The largest absolute Gasteiger partial charge is 0.327 e. The van der Waals surface area contributed by atoms with Gasteiger partial charge in [0.1, 0.15) is 0 Å². The molecule has 2 aliphatic rings. The molecule has 2 aliphatic carbocycles. The Kier molecular flexibility index (Phi) is 2.02. The van der Waals surface area contributed by atoms with Crippen molar-refractivity contribution in [3.63, 3.8) is 0 Å². The Morgan fingerprint density at radius 1 is 1.22 bits per heavy atom. The molecule has 9 heavy (non-hydrogen) atoms. The smallest absolute Gasteiger partial charge is 0.00699 e. The molecule has 54 valence electrons. The monoisotopic (exact) mass is 147 g/mol. The minimum Gasteiger partial charge on any atom is -0.327 e. The molecule has 0 aromatic carbocycles. The van der Waals surface area contributed by atoms with E-state index in [0.717, 1.165) is 11.8 Å². The molecule has 2 N–H and O–H groups in total. The van der Waals surface area contributed by atoms with Gasteiger partial charge in [-0.25, -0.2) is 0 Å². The van der Waals surface area contributed by atoms with E-state index in [2.05, 4.69) is 0 Å². The van der Waals surface area contributed by atoms with Crippen LogP contribution in [0.25, 0.3) is 0 Å². The molecule has 0 bridgehead atoms. The summed E-state index contributed by atoms with van der Waals surface area (Å²) in [7, 11) is 0. The van der Waals surface area contributed by atoms with Crippen LogP contribution in [0.3, 0.4) is 0 Å². The van der Waals surface area contributed by atoms with Gasteiger partial charge in [-0.05, 0) is 24.7 Å². The molecule has 1 nitrogen and oxygen atoms in total. The Balaban J connectivity index is 0.000000405. The van der Waals surface area contributed by atoms with Gasteiger partial charge in [-0.3, -0.25) is 0 Å². The quantitative estimate of drug-likeness (QED) is 0.553. The van der Waals surface area contributed by atoms with Gasteiger partial charge in [-0.15, -0.1) is 12.4 Å². The summed E-state index contributed by atoms with van der Waals surface area (Å²) in [6, 6.07) is 0.578. The average molecular weight is 148 g/mol. The lowest BCUT2D eigenvalue weighted by Gasteiger charge is -2.15. The molecule has 2 heteroatoms. The fraction of sp³-hybridized carbons (Fsp3) is 1.00. The third kappa shape index (κ3) is 1.22. The van der Waals surface area contributed by atoms with Crippen molar-refractivity contribution in [3.05, 3.63) is 0 Å². The topological polar surface area (TPSA) is 26.0 Å². The number of nitrogens with two attached hydrogens (primary N) is 1. The zero-order valence-electron chi connectivity index (χ0n) is 5.55. The van der Waals surface area contributed by atoms with E-state index in [1.165, 1.54) is 25.7 Å². The van der Waals surface area contributed by atoms with E-state index in [4.69, 9.17) is 5.73 Å². The van der Waals surface area contributed by atoms with Crippen LogP contribution in [-0.4, -0.2) is 6.04 Å². The van der Waals surface area contributed by atoms with Crippen LogP contribution >= 0.6 is 12.4 Å². The third-order valence-corrected chi connectivity index (χ3v) is 2.64. The average Bonchev–Trinajstić information content (AvgIpc) is 2.45. The Bertz CT molecular complexity index is 105. The number of rotatable bonds is 0. The molecule has 0 radical (unpaired) electrons. The molecule has 0 amide bonds. The summed E-state index contributed by atoms with van der Waals surface area (Å²) in [4.78, 5) is 0. The van der Waals surface area contributed by atoms with Crippen molar-refractivity contribution >= 4 is 12.4 Å². The molecule has 1 unspecified atom stereocenters. The number of fused-ring (bicyclic) bond motifs is 1. The van der Waals surface area contributed by atoms with Crippen LogP contribution in [0, 0.1) is 11.8 Å². The van der Waals surface area contributed by atoms with Crippen molar-refractivity contribution in [2.45, 2.75) is 31.7 Å². The second kappa shape index (κ2) is 2.47. The summed E-state index contributed by atoms with van der Waals surface area (Å²) in [6.45, 7) is 0. The lowest BCUT2D eigenvalue weighted by atomic mass is 9.96. The molecule has 0 aromatic heterocycles. The van der Waals surface area contributed by atoms with Gasteiger partial charge in [-0.2, -0.15) is 0 Å². The highest BCUT2D eigenvalue weighted by Gasteiger charge is 2.43. The van der Waals surface area contributed by atoms with Crippen molar-refractivity contribution in [2.24, 2.45) is 17.6 Å². The summed E-state index contributed by atoms with van der Waals surface area (Å²) in [5, 5.41) is 0. The van der Waals surface area contributed by atoms with Crippen molar-refractivity contribution in [1.29, 1.82) is 0 Å². The highest BCUT2D eigenvalue weighted by Crippen LogP contribution is 2.48. The van der Waals surface area contributed by atoms with Gasteiger partial charge in [0.15, 0.2) is 0 Å². The molecule has 0 spiro atoms. The van der Waals surface area contributed by atoms with Gasteiger partial charge in [-0.1, -0.05) is 12.8 Å². The van der Waals surface area contributed by atoms with Crippen molar-refractivity contribution in [3.8, 4) is 0 Å². The van der Waals surface area contributed by atoms with Crippen LogP contribution in [0.1, 0.15) is 25.7 Å². The molecule has 0 aromatic rings. The van der Waals surface area contributed by atoms with Gasteiger partial charge in [0, 0.05) is 6.04 Å². The first-order valence-electron chi connectivity index (χ1n) is 3.63. The summed E-state index contributed by atoms with van der Waals surface area (Å²) in [6.07, 6.45) is 5.60. The van der Waals surface area contributed by atoms with Gasteiger partial charge in [0.05, 0.1) is 0 Å². The number of hydrogen-bond donors (Lipinski definition) is 1. The first-order valence-corrected chi connectivity index (χ1v) is 3.63. The Labute approximate surface area is 62.4 Å². The van der Waals surface area contributed by atoms with Crippen LogP contribution in [0.15, 0.2) is 0 Å². The van der Waals surface area contributed by atoms with Crippen molar-refractivity contribution in [2.75, 3.05) is 0 Å². The van der Waals surface area contributed by atoms with Crippen LogP contribution in [0.5, 0.6) is 0 Å². The van der Waals surface area contributed by atoms with Gasteiger partial charge < -0.3 is 5.73 Å². The summed E-state index contributed by atoms with van der Waals surface area (Å²) >= 11 is 0. The molecule has 0 heterocycles. The van der Waals surface area contributed by atoms with E-state index in [0.29, 0.717) is 6.04 Å². The predicted molar refractivity (Wildman–Crippen MR) is 40.7 cm³/mol. The van der Waals surface area contributed by atoms with Gasteiger partial charge >= 0.3 is 0 Å². The van der Waals surface area contributed by atoms with Crippen LogP contribution in [0.2, 0.25) is 0 Å². The molecular formula is C7H14ClN. The fourth-order valence-electron chi connectivity index (χ4n) is 1.96. The van der Waals surface area contributed by atoms with E-state index < -0.39 is 0 Å². The molecule has 2 rings (SSSR count). The second-order valence-electron chi connectivity index (χ2n) is 3.25. The molecule has 2 fully saturated rings. The maximum atomic E-state index is 5.82. The van der Waals surface area contributed by atoms with Crippen LogP contribution < -0.4 is 5.73 Å². The molecular weight excluding hydrogens is 134 g/mol. The fourth-order valence-corrected chi connectivity index (χ4v) is 1.96. The van der Waals surface area contributed by atoms with E-state index in [1.54, 1.807) is 0 Å². The first-order chi connectivity index (χ1) is 3.88. The Morgan fingerprint density at radius 2 is 2.00 bits per heavy atom. The normalized spacial score (nSPS) is 47.0. The molecule has 2 saturated carbocycles. The zero-order chi connectivity index (χ0) is 5.56. The third-order valence-electron chi connectivity index (χ3n) is 2.64. The van der Waals surface area contributed by atoms with Crippen LogP contribution in [-0.2, 0) is 0 Å². The van der Waals surface area contributed by atoms with Gasteiger partial charge in [0.2, 0.25) is 0 Å². The summed E-state index contributed by atoms with van der Waals surface area (Å²) in [5.41, 5.74) is 5.82. The summed E-state index contributed by atoms with van der Waals surface area (Å²) < 4.78 is 0. The second-order valence-corrected chi connectivity index (χ2v) is 3.25. The molecule has 0 aliphatic heterocycles. The molecule has 0 saturated heterocycles. The lowest BCUT2D eigenvalue weighted by Crippen LogP contribution is -2.25. The molecule has 3 atom stereocenters. The van der Waals surface area contributed by atoms with Gasteiger partial charge in [0.25, 0.3) is 0 Å². The highest BCUT2D eigenvalue weighted by molar-refractivity contribution is 5.85. The first kappa shape index (κ1) is 7.36. The Hall–Kier alpha value is 0.250. The zero-order valence-corrected chi connectivity index (χ0v) is 6.36. The van der Waals surface area contributed by atoms with E-state index >= 15 is 0 Å². The van der Waals surface area contributed by atoms with Crippen LogP contribution in [0.4, 0.5) is 0 Å². The number of halogens is 1. The minimum atomic E-state index is 0. The van der Waals surface area contributed by atoms with Crippen molar-refractivity contribution < 1.29 is 0 Å². The summed E-state index contributed by atoms with van der Waals surface area (Å²) in [5.74, 6) is 2.00. The van der Waals surface area contributed by atoms with E-state index in [9.17, 15) is 0 Å². The lowest BCUT2D eigenvalue weighted by molar-refractivity contribution is 0.419. The standard InChI is InChI=1S/C7H13N.ClH/c8-7-3-1-2-5-4-6(5)7;/h5-7H,1-4,8H2;1H/t5-,6+,7?;/m1./s1. The van der Waals surface area contributed by atoms with Crippen molar-refractivity contribution in [1.82, 2.24) is 0 Å². The number of hydrogen-bond acceptors (Lipinski definition) is 1. The maximum absolute atomic E-state index is 5.82. The highest BCUT2D eigenvalue weighted by atomic mass is 35.5. The minimum absolute atomic E-state index is 0.